The molecule has 0 amide bonds. The van der Waals surface area contributed by atoms with Gasteiger partial charge < -0.3 is 4.42 Å². The summed E-state index contributed by atoms with van der Waals surface area (Å²) in [6.07, 6.45) is 0. The highest BCUT2D eigenvalue weighted by Gasteiger charge is 2.05. The van der Waals surface area contributed by atoms with Crippen LogP contribution >= 0.6 is 15.9 Å². The lowest BCUT2D eigenvalue weighted by Crippen LogP contribution is -1.77. The van der Waals surface area contributed by atoms with Crippen LogP contribution in [0.2, 0.25) is 0 Å². The molecule has 62 valence electrons. The van der Waals surface area contributed by atoms with Gasteiger partial charge in [0, 0.05) is 15.9 Å². The number of oxazole rings is 1. The molecule has 2 nitrogen and oxygen atoms in total. The molecule has 3 heteroatoms. The van der Waals surface area contributed by atoms with Crippen LogP contribution in [0, 0.1) is 13.8 Å². The Morgan fingerprint density at radius 2 is 2.08 bits per heavy atom. The minimum atomic E-state index is 0.547. The molecular formula is C9H8BrNO. The lowest BCUT2D eigenvalue weighted by Gasteiger charge is -1.94. The van der Waals surface area contributed by atoms with Gasteiger partial charge in [-0.15, -0.1) is 0 Å². The van der Waals surface area contributed by atoms with Gasteiger partial charge in [-0.3, -0.25) is 0 Å². The zero-order chi connectivity index (χ0) is 8.72. The molecule has 0 aliphatic carbocycles. The summed E-state index contributed by atoms with van der Waals surface area (Å²) in [5.41, 5.74) is 4.12. The van der Waals surface area contributed by atoms with Crippen LogP contribution < -0.4 is 0 Å². The number of benzene rings is 1. The summed E-state index contributed by atoms with van der Waals surface area (Å²) < 4.78 is 5.36. The number of hydrogen-bond donors (Lipinski definition) is 0. The first-order valence-corrected chi connectivity index (χ1v) is 4.49. The number of fused-ring (bicyclic) bond motifs is 1. The molecule has 2 rings (SSSR count). The van der Waals surface area contributed by atoms with Gasteiger partial charge in [-0.05, 0) is 31.0 Å². The van der Waals surface area contributed by atoms with E-state index in [0.717, 1.165) is 16.7 Å². The van der Waals surface area contributed by atoms with Crippen molar-refractivity contribution in [3.63, 3.8) is 0 Å². The van der Waals surface area contributed by atoms with Crippen LogP contribution in [0.15, 0.2) is 21.3 Å². The second-order valence-corrected chi connectivity index (χ2v) is 3.58. The highest BCUT2D eigenvalue weighted by molar-refractivity contribution is 9.10. The van der Waals surface area contributed by atoms with Crippen LogP contribution in [-0.4, -0.2) is 4.98 Å². The van der Waals surface area contributed by atoms with Gasteiger partial charge in [-0.2, -0.15) is 0 Å². The topological polar surface area (TPSA) is 26.0 Å². The molecule has 0 aliphatic heterocycles. The third-order valence-electron chi connectivity index (χ3n) is 1.79. The Morgan fingerprint density at radius 1 is 1.33 bits per heavy atom. The average molecular weight is 226 g/mol. The Labute approximate surface area is 78.7 Å². The predicted octanol–water partition coefficient (Wildman–Crippen LogP) is 3.21. The van der Waals surface area contributed by atoms with Crippen molar-refractivity contribution in [2.75, 3.05) is 0 Å². The molecule has 0 fully saturated rings. The van der Waals surface area contributed by atoms with Crippen LogP contribution in [0.1, 0.15) is 11.1 Å². The number of aromatic nitrogens is 1. The number of rotatable bonds is 0. The minimum Gasteiger partial charge on any atom is -0.431 e. The van der Waals surface area contributed by atoms with Crippen LogP contribution in [0.3, 0.4) is 0 Å². The molecule has 0 spiro atoms. The van der Waals surface area contributed by atoms with Crippen LogP contribution in [-0.2, 0) is 0 Å². The normalized spacial score (nSPS) is 10.9. The molecule has 1 aromatic carbocycles. The van der Waals surface area contributed by atoms with Gasteiger partial charge in [-0.25, -0.2) is 4.98 Å². The maximum Gasteiger partial charge on any atom is 0.265 e. The summed E-state index contributed by atoms with van der Waals surface area (Å²) in [6, 6.07) is 4.09. The summed E-state index contributed by atoms with van der Waals surface area (Å²) in [5.74, 6) is 0. The van der Waals surface area contributed by atoms with E-state index < -0.39 is 0 Å². The summed E-state index contributed by atoms with van der Waals surface area (Å²) in [6.45, 7) is 4.07. The van der Waals surface area contributed by atoms with E-state index in [-0.39, 0.29) is 0 Å². The number of nitrogens with zero attached hydrogens (tertiary/aromatic N) is 1. The van der Waals surface area contributed by atoms with Crippen molar-refractivity contribution >= 4 is 27.0 Å². The summed E-state index contributed by atoms with van der Waals surface area (Å²) in [7, 11) is 0. The van der Waals surface area contributed by atoms with Crippen molar-refractivity contribution in [3.8, 4) is 0 Å². The molecular weight excluding hydrogens is 218 g/mol. The molecule has 0 unspecified atom stereocenters. The van der Waals surface area contributed by atoms with E-state index >= 15 is 0 Å². The molecule has 0 bridgehead atoms. The van der Waals surface area contributed by atoms with Gasteiger partial charge in [0.15, 0.2) is 5.58 Å². The molecule has 0 saturated heterocycles. The summed E-state index contributed by atoms with van der Waals surface area (Å²) >= 11 is 3.21. The monoisotopic (exact) mass is 225 g/mol. The van der Waals surface area contributed by atoms with Gasteiger partial charge in [0.25, 0.3) is 4.80 Å². The third kappa shape index (κ3) is 1.14. The second kappa shape index (κ2) is 2.59. The van der Waals surface area contributed by atoms with Crippen LogP contribution in [0.5, 0.6) is 0 Å². The van der Waals surface area contributed by atoms with E-state index in [9.17, 15) is 0 Å². The fraction of sp³-hybridized carbons (Fsp3) is 0.222. The lowest BCUT2D eigenvalue weighted by atomic mass is 10.1. The van der Waals surface area contributed by atoms with Crippen molar-refractivity contribution in [3.05, 3.63) is 28.1 Å². The molecule has 0 saturated carbocycles. The Hall–Kier alpha value is -0.830. The highest BCUT2D eigenvalue weighted by atomic mass is 79.9. The molecule has 1 aromatic heterocycles. The molecule has 1 heterocycles. The van der Waals surface area contributed by atoms with Crippen molar-refractivity contribution in [1.82, 2.24) is 4.98 Å². The zero-order valence-electron chi connectivity index (χ0n) is 6.89. The highest BCUT2D eigenvalue weighted by Crippen LogP contribution is 2.23. The van der Waals surface area contributed by atoms with Gasteiger partial charge in [0.05, 0.1) is 0 Å². The fourth-order valence-electron chi connectivity index (χ4n) is 1.35. The standard InChI is InChI=1S/C9H8BrNO/c1-5-3-6(2)8-7(4-5)11-9(10)12-8/h3-4H,1-2H3. The maximum absolute atomic E-state index is 5.36. The van der Waals surface area contributed by atoms with E-state index in [1.807, 2.05) is 13.0 Å². The first-order valence-electron chi connectivity index (χ1n) is 3.70. The lowest BCUT2D eigenvalue weighted by molar-refractivity contribution is 0.568. The molecule has 0 N–H and O–H groups in total. The van der Waals surface area contributed by atoms with Gasteiger partial charge >= 0.3 is 0 Å². The quantitative estimate of drug-likeness (QED) is 0.689. The second-order valence-electron chi connectivity index (χ2n) is 2.90. The van der Waals surface area contributed by atoms with Crippen LogP contribution in [0.25, 0.3) is 11.1 Å². The van der Waals surface area contributed by atoms with Crippen molar-refractivity contribution in [2.24, 2.45) is 0 Å². The zero-order valence-corrected chi connectivity index (χ0v) is 8.47. The summed E-state index contributed by atoms with van der Waals surface area (Å²) in [4.78, 5) is 4.73. The molecule has 0 atom stereocenters. The maximum atomic E-state index is 5.36. The fourth-order valence-corrected chi connectivity index (χ4v) is 1.70. The van der Waals surface area contributed by atoms with E-state index in [2.05, 4.69) is 33.9 Å². The van der Waals surface area contributed by atoms with Crippen LogP contribution in [0.4, 0.5) is 0 Å². The summed E-state index contributed by atoms with van der Waals surface area (Å²) in [5, 5.41) is 0. The molecule has 0 aliphatic rings. The number of aryl methyl sites for hydroxylation is 2. The SMILES string of the molecule is Cc1cc(C)c2oc(Br)nc2c1. The van der Waals surface area contributed by atoms with E-state index in [4.69, 9.17) is 4.42 Å². The van der Waals surface area contributed by atoms with E-state index in [1.165, 1.54) is 5.56 Å². The Bertz CT molecular complexity index is 433. The molecule has 2 aromatic rings. The molecule has 12 heavy (non-hydrogen) atoms. The first-order chi connectivity index (χ1) is 5.66. The Balaban J connectivity index is 2.88. The van der Waals surface area contributed by atoms with Gasteiger partial charge in [-0.1, -0.05) is 6.07 Å². The third-order valence-corrected chi connectivity index (χ3v) is 2.13. The smallest absolute Gasteiger partial charge is 0.265 e. The van der Waals surface area contributed by atoms with Gasteiger partial charge in [0.1, 0.15) is 5.52 Å². The van der Waals surface area contributed by atoms with Crippen molar-refractivity contribution in [1.29, 1.82) is 0 Å². The Kier molecular flexibility index (Phi) is 1.68. The average Bonchev–Trinajstić information content (AvgIpc) is 2.29. The number of halogens is 1. The van der Waals surface area contributed by atoms with E-state index in [0.29, 0.717) is 4.80 Å². The van der Waals surface area contributed by atoms with Crippen molar-refractivity contribution < 1.29 is 4.42 Å². The van der Waals surface area contributed by atoms with E-state index in [1.54, 1.807) is 0 Å². The molecule has 0 radical (unpaired) electrons. The van der Waals surface area contributed by atoms with Crippen molar-refractivity contribution in [2.45, 2.75) is 13.8 Å². The number of hydrogen-bond acceptors (Lipinski definition) is 2. The predicted molar refractivity (Wildman–Crippen MR) is 51.2 cm³/mol. The Morgan fingerprint density at radius 3 is 2.83 bits per heavy atom. The van der Waals surface area contributed by atoms with Gasteiger partial charge in [0.2, 0.25) is 0 Å². The first kappa shape index (κ1) is 7.80. The minimum absolute atomic E-state index is 0.547. The largest absolute Gasteiger partial charge is 0.431 e.